The van der Waals surface area contributed by atoms with Gasteiger partial charge in [0.25, 0.3) is 0 Å². The largest absolute Gasteiger partial charge is 0.322 e. The van der Waals surface area contributed by atoms with Gasteiger partial charge in [0.2, 0.25) is 5.91 Å². The quantitative estimate of drug-likeness (QED) is 0.878. The van der Waals surface area contributed by atoms with Crippen molar-refractivity contribution >= 4 is 34.8 Å². The van der Waals surface area contributed by atoms with Gasteiger partial charge in [-0.05, 0) is 30.9 Å². The van der Waals surface area contributed by atoms with Gasteiger partial charge in [-0.2, -0.15) is 0 Å². The minimum absolute atomic E-state index is 0.113. The number of halogens is 2. The van der Waals surface area contributed by atoms with Crippen molar-refractivity contribution in [3.8, 4) is 0 Å². The van der Waals surface area contributed by atoms with Crippen LogP contribution in [0.15, 0.2) is 18.2 Å². The molecular formula is C15H20Cl2N2O. The van der Waals surface area contributed by atoms with Gasteiger partial charge in [-0.3, -0.25) is 4.79 Å². The number of rotatable bonds is 4. The van der Waals surface area contributed by atoms with Gasteiger partial charge in [0, 0.05) is 6.04 Å². The number of amides is 1. The van der Waals surface area contributed by atoms with Crippen LogP contribution in [-0.4, -0.2) is 18.5 Å². The Morgan fingerprint density at radius 1 is 1.30 bits per heavy atom. The van der Waals surface area contributed by atoms with Crippen molar-refractivity contribution < 1.29 is 4.79 Å². The maximum absolute atomic E-state index is 12.0. The van der Waals surface area contributed by atoms with Crippen molar-refractivity contribution in [1.29, 1.82) is 0 Å². The third-order valence-corrected chi connectivity index (χ3v) is 4.34. The number of carbonyl (C=O) groups is 1. The predicted molar refractivity (Wildman–Crippen MR) is 84.5 cm³/mol. The molecule has 1 saturated carbocycles. The second-order valence-corrected chi connectivity index (χ2v) is 6.31. The van der Waals surface area contributed by atoms with E-state index in [0.717, 1.165) is 18.8 Å². The van der Waals surface area contributed by atoms with Gasteiger partial charge in [0.05, 0.1) is 22.3 Å². The smallest absolute Gasteiger partial charge is 0.238 e. The van der Waals surface area contributed by atoms with E-state index >= 15 is 0 Å². The number of carbonyl (C=O) groups excluding carboxylic acids is 1. The Bertz CT molecular complexity index is 459. The number of nitrogens with one attached hydrogen (secondary N) is 2. The molecule has 1 aromatic rings. The third-order valence-electron chi connectivity index (χ3n) is 3.71. The zero-order valence-electron chi connectivity index (χ0n) is 11.6. The lowest BCUT2D eigenvalue weighted by molar-refractivity contribution is -0.115. The SMILES string of the molecule is CC1CCCC(NCC(=O)Nc2c(Cl)cccc2Cl)C1. The molecule has 1 amide bonds. The molecule has 1 fully saturated rings. The molecule has 0 saturated heterocycles. The summed E-state index contributed by atoms with van der Waals surface area (Å²) in [5.41, 5.74) is 0.486. The molecule has 0 aliphatic heterocycles. The van der Waals surface area contributed by atoms with E-state index in [2.05, 4.69) is 17.6 Å². The highest BCUT2D eigenvalue weighted by Gasteiger charge is 2.19. The summed E-state index contributed by atoms with van der Waals surface area (Å²) in [7, 11) is 0. The van der Waals surface area contributed by atoms with Gasteiger partial charge in [0.1, 0.15) is 0 Å². The molecule has 1 aliphatic rings. The Morgan fingerprint density at radius 2 is 2.00 bits per heavy atom. The van der Waals surface area contributed by atoms with Crippen LogP contribution in [0.5, 0.6) is 0 Å². The molecule has 0 aromatic heterocycles. The average Bonchev–Trinajstić information content (AvgIpc) is 2.41. The van der Waals surface area contributed by atoms with E-state index in [1.807, 2.05) is 0 Å². The highest BCUT2D eigenvalue weighted by atomic mass is 35.5. The van der Waals surface area contributed by atoms with E-state index in [9.17, 15) is 4.79 Å². The molecule has 0 bridgehead atoms. The van der Waals surface area contributed by atoms with Gasteiger partial charge < -0.3 is 10.6 Å². The fraction of sp³-hybridized carbons (Fsp3) is 0.533. The van der Waals surface area contributed by atoms with Crippen molar-refractivity contribution in [2.45, 2.75) is 38.6 Å². The van der Waals surface area contributed by atoms with E-state index in [0.29, 0.717) is 28.3 Å². The first-order valence-corrected chi connectivity index (χ1v) is 7.79. The predicted octanol–water partition coefficient (Wildman–Crippen LogP) is 4.10. The molecule has 5 heteroatoms. The average molecular weight is 315 g/mol. The van der Waals surface area contributed by atoms with E-state index in [-0.39, 0.29) is 5.91 Å². The van der Waals surface area contributed by atoms with Crippen molar-refractivity contribution in [2.75, 3.05) is 11.9 Å². The summed E-state index contributed by atoms with van der Waals surface area (Å²) in [6, 6.07) is 5.60. The van der Waals surface area contributed by atoms with Crippen LogP contribution >= 0.6 is 23.2 Å². The van der Waals surface area contributed by atoms with Crippen molar-refractivity contribution in [3.05, 3.63) is 28.2 Å². The number of anilines is 1. The zero-order valence-corrected chi connectivity index (χ0v) is 13.1. The van der Waals surface area contributed by atoms with Gasteiger partial charge in [-0.25, -0.2) is 0 Å². The lowest BCUT2D eigenvalue weighted by Crippen LogP contribution is -2.38. The fourth-order valence-corrected chi connectivity index (χ4v) is 3.15. The molecule has 1 aromatic carbocycles. The number of hydrogen-bond donors (Lipinski definition) is 2. The summed E-state index contributed by atoms with van der Waals surface area (Å²) >= 11 is 12.0. The number of para-hydroxylation sites is 1. The Balaban J connectivity index is 1.83. The second-order valence-electron chi connectivity index (χ2n) is 5.49. The Morgan fingerprint density at radius 3 is 2.65 bits per heavy atom. The summed E-state index contributed by atoms with van der Waals surface area (Å²) < 4.78 is 0. The standard InChI is InChI=1S/C15H20Cl2N2O/c1-10-4-2-5-11(8-10)18-9-14(20)19-15-12(16)6-3-7-13(15)17/h3,6-7,10-11,18H,2,4-5,8-9H2,1H3,(H,19,20). The van der Waals surface area contributed by atoms with Crippen LogP contribution in [0.1, 0.15) is 32.6 Å². The lowest BCUT2D eigenvalue weighted by Gasteiger charge is -2.27. The molecule has 3 nitrogen and oxygen atoms in total. The maximum atomic E-state index is 12.0. The van der Waals surface area contributed by atoms with Gasteiger partial charge >= 0.3 is 0 Å². The van der Waals surface area contributed by atoms with E-state index < -0.39 is 0 Å². The van der Waals surface area contributed by atoms with E-state index in [4.69, 9.17) is 23.2 Å². The first-order chi connectivity index (χ1) is 9.56. The van der Waals surface area contributed by atoms with Crippen molar-refractivity contribution in [3.63, 3.8) is 0 Å². The van der Waals surface area contributed by atoms with Gasteiger partial charge in [0.15, 0.2) is 0 Å². The van der Waals surface area contributed by atoms with Gasteiger partial charge in [-0.15, -0.1) is 0 Å². The fourth-order valence-electron chi connectivity index (χ4n) is 2.66. The van der Waals surface area contributed by atoms with Crippen molar-refractivity contribution in [1.82, 2.24) is 5.32 Å². The van der Waals surface area contributed by atoms with Crippen LogP contribution in [0.4, 0.5) is 5.69 Å². The van der Waals surface area contributed by atoms with Crippen LogP contribution in [-0.2, 0) is 4.79 Å². The highest BCUT2D eigenvalue weighted by molar-refractivity contribution is 6.39. The minimum atomic E-state index is -0.113. The molecule has 110 valence electrons. The van der Waals surface area contributed by atoms with Crippen LogP contribution in [0.3, 0.4) is 0 Å². The van der Waals surface area contributed by atoms with Gasteiger partial charge in [-0.1, -0.05) is 49.0 Å². The molecule has 2 atom stereocenters. The Labute approximate surface area is 130 Å². The summed E-state index contributed by atoms with van der Waals surface area (Å²) in [5.74, 6) is 0.626. The van der Waals surface area contributed by atoms with E-state index in [1.54, 1.807) is 18.2 Å². The first-order valence-electron chi connectivity index (χ1n) is 7.03. The second kappa shape index (κ2) is 7.30. The molecule has 1 aliphatic carbocycles. The van der Waals surface area contributed by atoms with Crippen molar-refractivity contribution in [2.24, 2.45) is 5.92 Å². The summed E-state index contributed by atoms with van der Waals surface area (Å²) in [4.78, 5) is 12.0. The Kier molecular flexibility index (Phi) is 5.70. The van der Waals surface area contributed by atoms with Crippen LogP contribution in [0.25, 0.3) is 0 Å². The first kappa shape index (κ1) is 15.6. The van der Waals surface area contributed by atoms with Crippen LogP contribution < -0.4 is 10.6 Å². The molecule has 2 unspecified atom stereocenters. The number of benzene rings is 1. The molecule has 0 radical (unpaired) electrons. The molecule has 20 heavy (non-hydrogen) atoms. The molecule has 0 spiro atoms. The number of hydrogen-bond acceptors (Lipinski definition) is 2. The van der Waals surface area contributed by atoms with Crippen LogP contribution in [0.2, 0.25) is 10.0 Å². The van der Waals surface area contributed by atoms with E-state index in [1.165, 1.54) is 12.8 Å². The zero-order chi connectivity index (χ0) is 14.5. The lowest BCUT2D eigenvalue weighted by atomic mass is 9.87. The van der Waals surface area contributed by atoms with Crippen LogP contribution in [0, 0.1) is 5.92 Å². The summed E-state index contributed by atoms with van der Waals surface area (Å²) in [6.07, 6.45) is 4.81. The molecule has 0 heterocycles. The topological polar surface area (TPSA) is 41.1 Å². The molecule has 2 rings (SSSR count). The molecule has 2 N–H and O–H groups in total. The highest BCUT2D eigenvalue weighted by Crippen LogP contribution is 2.29. The molecular weight excluding hydrogens is 295 g/mol. The monoisotopic (exact) mass is 314 g/mol. The maximum Gasteiger partial charge on any atom is 0.238 e. The third kappa shape index (κ3) is 4.37. The minimum Gasteiger partial charge on any atom is -0.322 e. The Hall–Kier alpha value is -0.770. The normalized spacial score (nSPS) is 22.6. The summed E-state index contributed by atoms with van der Waals surface area (Å²) in [6.45, 7) is 2.55. The summed E-state index contributed by atoms with van der Waals surface area (Å²) in [5, 5.41) is 6.99.